The van der Waals surface area contributed by atoms with Crippen molar-refractivity contribution < 1.29 is 9.59 Å². The van der Waals surface area contributed by atoms with Crippen LogP contribution in [0, 0.1) is 6.92 Å². The van der Waals surface area contributed by atoms with Gasteiger partial charge in [-0.1, -0.05) is 6.07 Å². The SMILES string of the molecule is Cc1cccc(NC(=O)CC(=O)c2ccc(Nc3nc(N4C[C@H](N)C[C@H](N)C4)nc(N4C[C@H](N)C[C@H](N)C4)n3)cc2)n1. The Morgan fingerprint density at radius 3 is 1.86 bits per heavy atom. The molecule has 42 heavy (non-hydrogen) atoms. The topological polar surface area (TPSA) is 220 Å². The van der Waals surface area contributed by atoms with Gasteiger partial charge in [0, 0.05) is 67.3 Å². The highest BCUT2D eigenvalue weighted by Gasteiger charge is 2.29. The fraction of sp³-hybridized carbons (Fsp3) is 0.429. The molecule has 5 rings (SSSR count). The van der Waals surface area contributed by atoms with Crippen molar-refractivity contribution in [2.75, 3.05) is 46.6 Å². The van der Waals surface area contributed by atoms with Crippen LogP contribution in [0.5, 0.6) is 0 Å². The normalized spacial score (nSPS) is 22.5. The van der Waals surface area contributed by atoms with Crippen molar-refractivity contribution in [3.63, 3.8) is 0 Å². The van der Waals surface area contributed by atoms with E-state index in [-0.39, 0.29) is 36.4 Å². The number of rotatable bonds is 8. The number of aromatic nitrogens is 4. The highest BCUT2D eigenvalue weighted by Crippen LogP contribution is 2.24. The van der Waals surface area contributed by atoms with Gasteiger partial charge in [0.05, 0.1) is 6.42 Å². The lowest BCUT2D eigenvalue weighted by molar-refractivity contribution is -0.115. The van der Waals surface area contributed by atoms with E-state index in [1.165, 1.54) is 0 Å². The lowest BCUT2D eigenvalue weighted by atomic mass is 10.0. The smallest absolute Gasteiger partial charge is 0.233 e. The number of benzene rings is 1. The Morgan fingerprint density at radius 1 is 0.786 bits per heavy atom. The lowest BCUT2D eigenvalue weighted by Gasteiger charge is -2.37. The van der Waals surface area contributed by atoms with Gasteiger partial charge in [0.2, 0.25) is 23.8 Å². The molecule has 0 saturated carbocycles. The van der Waals surface area contributed by atoms with Crippen LogP contribution in [0.15, 0.2) is 42.5 Å². The number of nitrogens with two attached hydrogens (primary N) is 4. The second-order valence-corrected chi connectivity index (χ2v) is 11.1. The Hall–Kier alpha value is -4.24. The standard InChI is InChI=1S/C28H38N12O2/c1-16-3-2-4-24(33-16)35-25(42)11-23(41)17-5-7-22(8-6-17)34-26-36-27(39-12-18(29)9-19(30)13-39)38-28(37-26)40-14-20(31)10-21(32)15-40/h2-8,18-21H,9-15,29-32H2,1H3,(H,33,35,42)(H,34,36,37,38)/t18-,19+,20-,21+. The van der Waals surface area contributed by atoms with E-state index in [2.05, 4.69) is 25.6 Å². The first-order valence-corrected chi connectivity index (χ1v) is 14.0. The quantitative estimate of drug-likeness (QED) is 0.157. The van der Waals surface area contributed by atoms with Gasteiger partial charge >= 0.3 is 0 Å². The summed E-state index contributed by atoms with van der Waals surface area (Å²) in [5.41, 5.74) is 26.8. The molecule has 222 valence electrons. The van der Waals surface area contributed by atoms with Crippen LogP contribution in [0.2, 0.25) is 0 Å². The Bertz CT molecular complexity index is 1350. The number of carbonyl (C=O) groups excluding carboxylic acids is 2. The fourth-order valence-electron chi connectivity index (χ4n) is 5.29. The van der Waals surface area contributed by atoms with E-state index >= 15 is 0 Å². The summed E-state index contributed by atoms with van der Waals surface area (Å²) in [6, 6.07) is 11.7. The van der Waals surface area contributed by atoms with E-state index in [4.69, 9.17) is 27.9 Å². The number of anilines is 5. The van der Waals surface area contributed by atoms with E-state index < -0.39 is 5.91 Å². The first-order valence-electron chi connectivity index (χ1n) is 14.0. The molecule has 14 heteroatoms. The number of nitrogens with zero attached hydrogens (tertiary/aromatic N) is 6. The molecule has 10 N–H and O–H groups in total. The van der Waals surface area contributed by atoms with Crippen molar-refractivity contribution in [1.82, 2.24) is 19.9 Å². The van der Waals surface area contributed by atoms with Crippen LogP contribution in [0.4, 0.5) is 29.4 Å². The first kappa shape index (κ1) is 29.3. The Morgan fingerprint density at radius 2 is 1.33 bits per heavy atom. The molecule has 2 aliphatic heterocycles. The third kappa shape index (κ3) is 7.53. The number of amides is 1. The maximum atomic E-state index is 12.7. The third-order valence-electron chi connectivity index (χ3n) is 7.15. The molecule has 0 spiro atoms. The van der Waals surface area contributed by atoms with Crippen LogP contribution in [0.1, 0.15) is 35.3 Å². The number of piperidine rings is 2. The zero-order chi connectivity index (χ0) is 29.8. The predicted octanol–water partition coefficient (Wildman–Crippen LogP) is 0.260. The zero-order valence-electron chi connectivity index (χ0n) is 23.6. The maximum Gasteiger partial charge on any atom is 0.233 e. The molecule has 0 radical (unpaired) electrons. The lowest BCUT2D eigenvalue weighted by Crippen LogP contribution is -2.54. The molecule has 0 bridgehead atoms. The predicted molar refractivity (Wildman–Crippen MR) is 162 cm³/mol. The highest BCUT2D eigenvalue weighted by molar-refractivity contribution is 6.10. The van der Waals surface area contributed by atoms with Gasteiger partial charge in [-0.3, -0.25) is 9.59 Å². The Labute approximate surface area is 244 Å². The Kier molecular flexibility index (Phi) is 8.87. The van der Waals surface area contributed by atoms with E-state index in [1.807, 2.05) is 22.8 Å². The molecule has 4 atom stereocenters. The van der Waals surface area contributed by atoms with Crippen LogP contribution in [-0.4, -0.2) is 82.0 Å². The van der Waals surface area contributed by atoms with Crippen LogP contribution in [-0.2, 0) is 4.79 Å². The largest absolute Gasteiger partial charge is 0.338 e. The number of pyridine rings is 1. The molecule has 14 nitrogen and oxygen atoms in total. The Balaban J connectivity index is 1.31. The van der Waals surface area contributed by atoms with Crippen LogP contribution < -0.4 is 43.4 Å². The summed E-state index contributed by atoms with van der Waals surface area (Å²) >= 11 is 0. The van der Waals surface area contributed by atoms with Gasteiger partial charge in [0.1, 0.15) is 5.82 Å². The summed E-state index contributed by atoms with van der Waals surface area (Å²) in [7, 11) is 0. The number of hydrogen-bond acceptors (Lipinski definition) is 13. The van der Waals surface area contributed by atoms with Gasteiger partial charge in [-0.15, -0.1) is 0 Å². The monoisotopic (exact) mass is 574 g/mol. The number of Topliss-reactive ketones (excluding diaryl/α,β-unsaturated/α-hetero) is 1. The average molecular weight is 575 g/mol. The number of aryl methyl sites for hydroxylation is 1. The van der Waals surface area contributed by atoms with Crippen molar-refractivity contribution in [3.05, 3.63) is 53.7 Å². The van der Waals surface area contributed by atoms with Crippen LogP contribution >= 0.6 is 0 Å². The van der Waals surface area contributed by atoms with Crippen molar-refractivity contribution >= 4 is 41.0 Å². The number of ketones is 1. The minimum Gasteiger partial charge on any atom is -0.338 e. The van der Waals surface area contributed by atoms with Gasteiger partial charge in [0.25, 0.3) is 0 Å². The van der Waals surface area contributed by atoms with E-state index in [0.29, 0.717) is 61.1 Å². The first-order chi connectivity index (χ1) is 20.1. The van der Waals surface area contributed by atoms with Gasteiger partial charge in [0.15, 0.2) is 5.78 Å². The molecule has 4 heterocycles. The summed E-state index contributed by atoms with van der Waals surface area (Å²) in [4.78, 5) is 47.4. The minimum atomic E-state index is -0.431. The molecule has 2 saturated heterocycles. The minimum absolute atomic E-state index is 0.0950. The summed E-state index contributed by atoms with van der Waals surface area (Å²) < 4.78 is 0. The summed E-state index contributed by atoms with van der Waals surface area (Å²) in [5, 5.41) is 5.87. The van der Waals surface area contributed by atoms with Crippen molar-refractivity contribution in [3.8, 4) is 0 Å². The number of carbonyl (C=O) groups is 2. The highest BCUT2D eigenvalue weighted by atomic mass is 16.2. The number of hydrogen-bond donors (Lipinski definition) is 6. The van der Waals surface area contributed by atoms with E-state index in [9.17, 15) is 9.59 Å². The molecule has 2 aliphatic rings. The van der Waals surface area contributed by atoms with Gasteiger partial charge < -0.3 is 43.4 Å². The van der Waals surface area contributed by atoms with Gasteiger partial charge in [-0.25, -0.2) is 4.98 Å². The summed E-state index contributed by atoms with van der Waals surface area (Å²) in [5.74, 6) is 0.903. The van der Waals surface area contributed by atoms with E-state index in [1.54, 1.807) is 36.4 Å². The van der Waals surface area contributed by atoms with Crippen molar-refractivity contribution in [2.45, 2.75) is 50.4 Å². The average Bonchev–Trinajstić information content (AvgIpc) is 2.92. The van der Waals surface area contributed by atoms with Crippen molar-refractivity contribution in [2.24, 2.45) is 22.9 Å². The fourth-order valence-corrected chi connectivity index (χ4v) is 5.29. The second-order valence-electron chi connectivity index (χ2n) is 11.1. The molecular formula is C28H38N12O2. The molecule has 1 amide bonds. The summed E-state index contributed by atoms with van der Waals surface area (Å²) in [6.07, 6.45) is 1.15. The maximum absolute atomic E-state index is 12.7. The number of nitrogens with one attached hydrogen (secondary N) is 2. The molecule has 2 aromatic heterocycles. The molecule has 3 aromatic rings. The molecule has 2 fully saturated rings. The molecular weight excluding hydrogens is 536 g/mol. The zero-order valence-corrected chi connectivity index (χ0v) is 23.6. The van der Waals surface area contributed by atoms with Gasteiger partial charge in [-0.2, -0.15) is 15.0 Å². The van der Waals surface area contributed by atoms with Gasteiger partial charge in [-0.05, 0) is 56.2 Å². The molecule has 0 unspecified atom stereocenters. The van der Waals surface area contributed by atoms with E-state index in [0.717, 1.165) is 18.5 Å². The second kappa shape index (κ2) is 12.7. The van der Waals surface area contributed by atoms with Crippen LogP contribution in [0.3, 0.4) is 0 Å². The third-order valence-corrected chi connectivity index (χ3v) is 7.15. The van der Waals surface area contributed by atoms with Crippen LogP contribution in [0.25, 0.3) is 0 Å². The summed E-state index contributed by atoms with van der Waals surface area (Å²) in [6.45, 7) is 4.10. The molecule has 1 aromatic carbocycles. The molecule has 0 aliphatic carbocycles. The van der Waals surface area contributed by atoms with Crippen molar-refractivity contribution in [1.29, 1.82) is 0 Å².